The van der Waals surface area contributed by atoms with Crippen LogP contribution < -0.4 is 5.32 Å². The number of hydrogen-bond donors (Lipinski definition) is 1. The van der Waals surface area contributed by atoms with Gasteiger partial charge in [0.15, 0.2) is 0 Å². The van der Waals surface area contributed by atoms with Crippen LogP contribution in [0.1, 0.15) is 24.9 Å². The van der Waals surface area contributed by atoms with E-state index >= 15 is 0 Å². The molecule has 0 amide bonds. The number of benzene rings is 1. The van der Waals surface area contributed by atoms with E-state index < -0.39 is 24.5 Å². The molecular weight excluding hydrogens is 302 g/mol. The van der Waals surface area contributed by atoms with Crippen molar-refractivity contribution in [3.05, 3.63) is 34.1 Å². The molecular formula is C11H12BrF4N. The van der Waals surface area contributed by atoms with E-state index in [2.05, 4.69) is 21.2 Å². The molecule has 0 spiro atoms. The molecule has 0 bridgehead atoms. The highest BCUT2D eigenvalue weighted by Gasteiger charge is 2.32. The molecule has 1 aromatic rings. The average Bonchev–Trinajstić information content (AvgIpc) is 2.19. The van der Waals surface area contributed by atoms with E-state index in [4.69, 9.17) is 0 Å². The van der Waals surface area contributed by atoms with Crippen LogP contribution in [0.4, 0.5) is 17.6 Å². The molecule has 1 rings (SSSR count). The number of nitrogens with one attached hydrogen (secondary N) is 1. The maximum absolute atomic E-state index is 13.0. The molecule has 0 heterocycles. The van der Waals surface area contributed by atoms with Crippen LogP contribution in [0.5, 0.6) is 0 Å². The zero-order valence-corrected chi connectivity index (χ0v) is 10.7. The van der Waals surface area contributed by atoms with Gasteiger partial charge < -0.3 is 5.32 Å². The highest BCUT2D eigenvalue weighted by Crippen LogP contribution is 2.31. The van der Waals surface area contributed by atoms with Gasteiger partial charge in [-0.25, -0.2) is 4.39 Å². The Labute approximate surface area is 105 Å². The maximum atomic E-state index is 13.0. The second-order valence-corrected chi connectivity index (χ2v) is 4.46. The minimum absolute atomic E-state index is 0.167. The van der Waals surface area contributed by atoms with Gasteiger partial charge in [0, 0.05) is 6.04 Å². The van der Waals surface area contributed by atoms with Crippen LogP contribution in [0.2, 0.25) is 0 Å². The van der Waals surface area contributed by atoms with Crippen LogP contribution in [0, 0.1) is 5.82 Å². The summed E-state index contributed by atoms with van der Waals surface area (Å²) in [4.78, 5) is 0. The van der Waals surface area contributed by atoms with Crippen LogP contribution in [0.15, 0.2) is 22.7 Å². The second-order valence-electron chi connectivity index (χ2n) is 3.60. The molecule has 0 aromatic heterocycles. The van der Waals surface area contributed by atoms with Crippen LogP contribution in [-0.2, 0) is 0 Å². The lowest BCUT2D eigenvalue weighted by molar-refractivity contribution is -0.140. The number of hydrogen-bond acceptors (Lipinski definition) is 1. The molecule has 0 saturated heterocycles. The Morgan fingerprint density at radius 1 is 1.35 bits per heavy atom. The van der Waals surface area contributed by atoms with E-state index in [0.717, 1.165) is 6.07 Å². The van der Waals surface area contributed by atoms with Crippen molar-refractivity contribution in [1.82, 2.24) is 5.32 Å². The quantitative estimate of drug-likeness (QED) is 0.822. The summed E-state index contributed by atoms with van der Waals surface area (Å²) in [6.45, 7) is 2.14. The van der Waals surface area contributed by atoms with Gasteiger partial charge in [0.2, 0.25) is 0 Å². The molecule has 17 heavy (non-hydrogen) atoms. The third kappa shape index (κ3) is 4.63. The Balaban J connectivity index is 2.93. The summed E-state index contributed by atoms with van der Waals surface area (Å²) in [5.41, 5.74) is 0.414. The van der Waals surface area contributed by atoms with Gasteiger partial charge in [-0.15, -0.1) is 0 Å². The molecule has 0 saturated carbocycles. The molecule has 1 unspecified atom stereocenters. The SMILES string of the molecule is CCNC(CC(F)(F)F)c1ccc(F)c(Br)c1. The van der Waals surface area contributed by atoms with Crippen molar-refractivity contribution in [2.24, 2.45) is 0 Å². The van der Waals surface area contributed by atoms with E-state index in [1.165, 1.54) is 12.1 Å². The normalized spacial score (nSPS) is 13.8. The van der Waals surface area contributed by atoms with Gasteiger partial charge in [0.25, 0.3) is 0 Å². The van der Waals surface area contributed by atoms with Gasteiger partial charge in [-0.1, -0.05) is 13.0 Å². The monoisotopic (exact) mass is 313 g/mol. The first-order valence-electron chi connectivity index (χ1n) is 5.08. The zero-order chi connectivity index (χ0) is 13.1. The van der Waals surface area contributed by atoms with Crippen molar-refractivity contribution < 1.29 is 17.6 Å². The van der Waals surface area contributed by atoms with E-state index in [0.29, 0.717) is 12.1 Å². The number of alkyl halides is 3. The first kappa shape index (κ1) is 14.4. The molecule has 0 fully saturated rings. The minimum atomic E-state index is -4.26. The number of halogens is 5. The fourth-order valence-corrected chi connectivity index (χ4v) is 1.91. The van der Waals surface area contributed by atoms with Gasteiger partial charge in [0.05, 0.1) is 10.9 Å². The second kappa shape index (κ2) is 5.82. The van der Waals surface area contributed by atoms with Crippen LogP contribution in [-0.4, -0.2) is 12.7 Å². The van der Waals surface area contributed by atoms with Gasteiger partial charge in [-0.05, 0) is 40.2 Å². The predicted molar refractivity (Wildman–Crippen MR) is 61.2 cm³/mol. The lowest BCUT2D eigenvalue weighted by atomic mass is 10.0. The number of rotatable bonds is 4. The third-order valence-corrected chi connectivity index (χ3v) is 2.84. The van der Waals surface area contributed by atoms with Gasteiger partial charge in [-0.2, -0.15) is 13.2 Å². The average molecular weight is 314 g/mol. The summed E-state index contributed by atoms with van der Waals surface area (Å²) in [6, 6.07) is 3.03. The third-order valence-electron chi connectivity index (χ3n) is 2.23. The lowest BCUT2D eigenvalue weighted by Gasteiger charge is -2.20. The van der Waals surface area contributed by atoms with Crippen molar-refractivity contribution in [2.45, 2.75) is 25.6 Å². The summed E-state index contributed by atoms with van der Waals surface area (Å²) in [6.07, 6.45) is -5.23. The summed E-state index contributed by atoms with van der Waals surface area (Å²) >= 11 is 2.96. The highest BCUT2D eigenvalue weighted by atomic mass is 79.9. The summed E-state index contributed by atoms with van der Waals surface area (Å²) in [7, 11) is 0. The lowest BCUT2D eigenvalue weighted by Crippen LogP contribution is -2.26. The maximum Gasteiger partial charge on any atom is 0.390 e. The topological polar surface area (TPSA) is 12.0 Å². The first-order valence-corrected chi connectivity index (χ1v) is 5.88. The van der Waals surface area contributed by atoms with Crippen LogP contribution in [0.25, 0.3) is 0 Å². The van der Waals surface area contributed by atoms with Crippen molar-refractivity contribution >= 4 is 15.9 Å². The molecule has 0 aliphatic heterocycles. The van der Waals surface area contributed by atoms with E-state index in [-0.39, 0.29) is 4.47 Å². The van der Waals surface area contributed by atoms with Gasteiger partial charge in [0.1, 0.15) is 5.82 Å². The molecule has 96 valence electrons. The fourth-order valence-electron chi connectivity index (χ4n) is 1.51. The Bertz CT molecular complexity index is 378. The molecule has 1 N–H and O–H groups in total. The smallest absolute Gasteiger partial charge is 0.310 e. The summed E-state index contributed by atoms with van der Waals surface area (Å²) in [5, 5.41) is 2.74. The van der Waals surface area contributed by atoms with Crippen LogP contribution in [0.3, 0.4) is 0 Å². The van der Waals surface area contributed by atoms with E-state index in [9.17, 15) is 17.6 Å². The molecule has 1 aromatic carbocycles. The zero-order valence-electron chi connectivity index (χ0n) is 9.11. The van der Waals surface area contributed by atoms with Crippen molar-refractivity contribution in [2.75, 3.05) is 6.54 Å². The molecule has 1 nitrogen and oxygen atoms in total. The highest BCUT2D eigenvalue weighted by molar-refractivity contribution is 9.10. The Morgan fingerprint density at radius 2 is 2.00 bits per heavy atom. The standard InChI is InChI=1S/C11H12BrF4N/c1-2-17-10(6-11(14,15)16)7-3-4-9(13)8(12)5-7/h3-5,10,17H,2,6H2,1H3. The van der Waals surface area contributed by atoms with E-state index in [1.807, 2.05) is 0 Å². The largest absolute Gasteiger partial charge is 0.390 e. The van der Waals surface area contributed by atoms with Gasteiger partial charge >= 0.3 is 6.18 Å². The summed E-state index contributed by atoms with van der Waals surface area (Å²) in [5.74, 6) is -0.490. The van der Waals surface area contributed by atoms with Gasteiger partial charge in [-0.3, -0.25) is 0 Å². The molecule has 0 radical (unpaired) electrons. The van der Waals surface area contributed by atoms with Crippen molar-refractivity contribution in [1.29, 1.82) is 0 Å². The Kier molecular flexibility index (Phi) is 4.94. The van der Waals surface area contributed by atoms with Crippen LogP contribution >= 0.6 is 15.9 Å². The van der Waals surface area contributed by atoms with Crippen molar-refractivity contribution in [3.8, 4) is 0 Å². The molecule has 0 aliphatic carbocycles. The van der Waals surface area contributed by atoms with E-state index in [1.54, 1.807) is 6.92 Å². The Hall–Kier alpha value is -0.620. The summed E-state index contributed by atoms with van der Waals surface area (Å²) < 4.78 is 50.3. The minimum Gasteiger partial charge on any atom is -0.310 e. The fraction of sp³-hybridized carbons (Fsp3) is 0.455. The molecule has 6 heteroatoms. The van der Waals surface area contributed by atoms with Crippen molar-refractivity contribution in [3.63, 3.8) is 0 Å². The first-order chi connectivity index (χ1) is 7.83. The Morgan fingerprint density at radius 3 is 2.47 bits per heavy atom. The predicted octanol–water partition coefficient (Wildman–Crippen LogP) is 4.19. The molecule has 0 aliphatic rings. The molecule has 1 atom stereocenters.